The number of anilines is 1. The molecule has 1 heterocycles. The first-order valence-electron chi connectivity index (χ1n) is 9.95. The van der Waals surface area contributed by atoms with Gasteiger partial charge in [0, 0.05) is 36.1 Å². The number of carbonyl (C=O) groups excluding carboxylic acids is 1. The van der Waals surface area contributed by atoms with Crippen LogP contribution in [0.2, 0.25) is 0 Å². The molecule has 1 amide bonds. The van der Waals surface area contributed by atoms with Gasteiger partial charge in [0.25, 0.3) is 11.4 Å². The van der Waals surface area contributed by atoms with E-state index in [1.165, 1.54) is 19.1 Å². The van der Waals surface area contributed by atoms with Crippen LogP contribution in [0.3, 0.4) is 0 Å². The molecule has 0 atom stereocenters. The molecule has 0 bridgehead atoms. The van der Waals surface area contributed by atoms with E-state index in [0.29, 0.717) is 16.5 Å². The van der Waals surface area contributed by atoms with Gasteiger partial charge in [-0.25, -0.2) is 4.98 Å². The number of benzene rings is 3. The van der Waals surface area contributed by atoms with E-state index < -0.39 is 9.85 Å². The van der Waals surface area contributed by atoms with Crippen LogP contribution in [-0.4, -0.2) is 25.3 Å². The highest BCUT2D eigenvalue weighted by Gasteiger charge is 2.23. The van der Waals surface area contributed by atoms with Gasteiger partial charge in [-0.15, -0.1) is 0 Å². The van der Waals surface area contributed by atoms with Crippen LogP contribution in [0.15, 0.2) is 89.0 Å². The van der Waals surface area contributed by atoms with E-state index >= 15 is 0 Å². The highest BCUT2D eigenvalue weighted by molar-refractivity contribution is 7.99. The van der Waals surface area contributed by atoms with Crippen molar-refractivity contribution in [2.24, 2.45) is 0 Å². The van der Waals surface area contributed by atoms with E-state index in [9.17, 15) is 25.0 Å². The summed E-state index contributed by atoms with van der Waals surface area (Å²) in [6.07, 6.45) is 1.81. The number of amides is 1. The van der Waals surface area contributed by atoms with Crippen LogP contribution in [-0.2, 0) is 4.79 Å². The summed E-state index contributed by atoms with van der Waals surface area (Å²) in [6.45, 7) is 1.42. The van der Waals surface area contributed by atoms with E-state index in [1.54, 1.807) is 28.8 Å². The predicted molar refractivity (Wildman–Crippen MR) is 127 cm³/mol. The minimum absolute atomic E-state index is 0.191. The number of aromatic nitrogens is 2. The molecule has 11 heteroatoms. The molecule has 0 aliphatic rings. The Kier molecular flexibility index (Phi) is 6.37. The maximum absolute atomic E-state index is 11.6. The molecule has 10 nitrogen and oxygen atoms in total. The molecular formula is C23H17N5O5S. The number of nitrogens with one attached hydrogen (secondary N) is 1. The number of nitro groups is 2. The lowest BCUT2D eigenvalue weighted by molar-refractivity contribution is -0.396. The number of non-ortho nitro benzene ring substituents is 1. The van der Waals surface area contributed by atoms with Gasteiger partial charge in [-0.3, -0.25) is 29.6 Å². The van der Waals surface area contributed by atoms with Crippen LogP contribution >= 0.6 is 11.8 Å². The summed E-state index contributed by atoms with van der Waals surface area (Å²) < 4.78 is 1.77. The second-order valence-corrected chi connectivity index (χ2v) is 8.15. The Bertz CT molecular complexity index is 1390. The highest BCUT2D eigenvalue weighted by atomic mass is 32.2. The Hall–Kier alpha value is -4.51. The van der Waals surface area contributed by atoms with Crippen molar-refractivity contribution < 1.29 is 14.6 Å². The maximum atomic E-state index is 11.6. The van der Waals surface area contributed by atoms with Gasteiger partial charge in [0.2, 0.25) is 5.91 Å². The summed E-state index contributed by atoms with van der Waals surface area (Å²) in [7, 11) is 0. The molecule has 0 unspecified atom stereocenters. The number of imidazole rings is 1. The number of nitro benzene ring substituents is 2. The maximum Gasteiger partial charge on any atom is 0.290 e. The van der Waals surface area contributed by atoms with Crippen LogP contribution < -0.4 is 5.32 Å². The molecule has 0 saturated carbocycles. The van der Waals surface area contributed by atoms with Gasteiger partial charge in [-0.05, 0) is 42.1 Å². The molecule has 0 spiro atoms. The topological polar surface area (TPSA) is 133 Å². The summed E-state index contributed by atoms with van der Waals surface area (Å²) in [5.41, 5.74) is 2.11. The monoisotopic (exact) mass is 475 g/mol. The Morgan fingerprint density at radius 3 is 2.29 bits per heavy atom. The summed E-state index contributed by atoms with van der Waals surface area (Å²) in [5.74, 6) is -0.191. The van der Waals surface area contributed by atoms with Gasteiger partial charge < -0.3 is 5.32 Å². The van der Waals surface area contributed by atoms with Gasteiger partial charge >= 0.3 is 0 Å². The van der Waals surface area contributed by atoms with Crippen molar-refractivity contribution in [3.05, 3.63) is 99.2 Å². The van der Waals surface area contributed by atoms with E-state index in [4.69, 9.17) is 0 Å². The van der Waals surface area contributed by atoms with Gasteiger partial charge in [-0.2, -0.15) is 0 Å². The van der Waals surface area contributed by atoms with E-state index in [0.717, 1.165) is 29.1 Å². The van der Waals surface area contributed by atoms with Crippen molar-refractivity contribution in [2.75, 3.05) is 5.32 Å². The van der Waals surface area contributed by atoms with Crippen LogP contribution in [0.25, 0.3) is 16.9 Å². The lowest BCUT2D eigenvalue weighted by atomic mass is 10.2. The molecule has 0 radical (unpaired) electrons. The average Bonchev–Trinajstić information content (AvgIpc) is 3.23. The van der Waals surface area contributed by atoms with Gasteiger partial charge in [0.05, 0.1) is 26.5 Å². The van der Waals surface area contributed by atoms with Gasteiger partial charge in [0.15, 0.2) is 5.16 Å². The molecule has 4 aromatic rings. The molecule has 34 heavy (non-hydrogen) atoms. The largest absolute Gasteiger partial charge is 0.326 e. The van der Waals surface area contributed by atoms with Crippen LogP contribution in [0.4, 0.5) is 17.1 Å². The lowest BCUT2D eigenvalue weighted by Gasteiger charge is -2.09. The number of carbonyl (C=O) groups is 1. The molecule has 1 aromatic heterocycles. The standard InChI is InChI=1S/C23H17N5O5S/c1-15(29)24-17-7-9-18(10-8-17)26-14-20(16-5-3-2-4-6-16)25-23(26)34-22-12-11-19(27(30)31)13-21(22)28(32)33/h2-14H,1H3,(H,24,29). The Morgan fingerprint density at radius 1 is 0.971 bits per heavy atom. The molecule has 0 aliphatic heterocycles. The van der Waals surface area contributed by atoms with E-state index in [1.807, 2.05) is 36.5 Å². The zero-order valence-corrected chi connectivity index (χ0v) is 18.6. The summed E-state index contributed by atoms with van der Waals surface area (Å²) in [4.78, 5) is 37.6. The van der Waals surface area contributed by atoms with Crippen LogP contribution in [0, 0.1) is 20.2 Å². The SMILES string of the molecule is CC(=O)Nc1ccc(-n2cc(-c3ccccc3)nc2Sc2ccc([N+](=O)[O-])cc2[N+](=O)[O-])cc1. The third kappa shape index (κ3) is 4.94. The molecule has 0 saturated heterocycles. The summed E-state index contributed by atoms with van der Waals surface area (Å²) in [5, 5.41) is 25.8. The second kappa shape index (κ2) is 9.55. The van der Waals surface area contributed by atoms with Crippen molar-refractivity contribution in [1.29, 1.82) is 0 Å². The normalized spacial score (nSPS) is 10.6. The zero-order valence-electron chi connectivity index (χ0n) is 17.7. The molecule has 170 valence electrons. The first-order chi connectivity index (χ1) is 16.3. The number of hydrogen-bond donors (Lipinski definition) is 1. The summed E-state index contributed by atoms with van der Waals surface area (Å²) in [6, 6.07) is 20.0. The fourth-order valence-corrected chi connectivity index (χ4v) is 4.19. The average molecular weight is 475 g/mol. The Labute approximate surface area is 197 Å². The van der Waals surface area contributed by atoms with Crippen LogP contribution in [0.5, 0.6) is 0 Å². The predicted octanol–water partition coefficient (Wildman–Crippen LogP) is 5.47. The first-order valence-corrected chi connectivity index (χ1v) is 10.8. The first kappa shape index (κ1) is 22.7. The number of rotatable bonds is 7. The van der Waals surface area contributed by atoms with Gasteiger partial charge in [0.1, 0.15) is 0 Å². The molecule has 4 rings (SSSR count). The Morgan fingerprint density at radius 2 is 1.68 bits per heavy atom. The molecule has 0 fully saturated rings. The van der Waals surface area contributed by atoms with E-state index in [-0.39, 0.29) is 22.2 Å². The van der Waals surface area contributed by atoms with Crippen LogP contribution in [0.1, 0.15) is 6.92 Å². The third-order valence-corrected chi connectivity index (χ3v) is 5.80. The number of hydrogen-bond acceptors (Lipinski definition) is 7. The van der Waals surface area contributed by atoms with E-state index in [2.05, 4.69) is 10.3 Å². The lowest BCUT2D eigenvalue weighted by Crippen LogP contribution is -2.05. The van der Waals surface area contributed by atoms with Crippen molar-refractivity contribution in [1.82, 2.24) is 9.55 Å². The smallest absolute Gasteiger partial charge is 0.290 e. The Balaban J connectivity index is 1.79. The number of nitrogens with zero attached hydrogens (tertiary/aromatic N) is 4. The third-order valence-electron chi connectivity index (χ3n) is 4.76. The molecule has 0 aliphatic carbocycles. The molecule has 3 aromatic carbocycles. The minimum atomic E-state index is -0.674. The summed E-state index contributed by atoms with van der Waals surface area (Å²) >= 11 is 1.03. The van der Waals surface area contributed by atoms with Crippen molar-refractivity contribution in [3.63, 3.8) is 0 Å². The molecule has 1 N–H and O–H groups in total. The molecular weight excluding hydrogens is 458 g/mol. The fraction of sp³-hybridized carbons (Fsp3) is 0.0435. The van der Waals surface area contributed by atoms with Crippen molar-refractivity contribution in [3.8, 4) is 16.9 Å². The zero-order chi connectivity index (χ0) is 24.2. The van der Waals surface area contributed by atoms with Crippen molar-refractivity contribution in [2.45, 2.75) is 17.0 Å². The fourth-order valence-electron chi connectivity index (χ4n) is 3.22. The second-order valence-electron chi connectivity index (χ2n) is 7.14. The minimum Gasteiger partial charge on any atom is -0.326 e. The quantitative estimate of drug-likeness (QED) is 0.277. The highest BCUT2D eigenvalue weighted by Crippen LogP contribution is 2.38. The van der Waals surface area contributed by atoms with Gasteiger partial charge in [-0.1, -0.05) is 30.3 Å². The van der Waals surface area contributed by atoms with Crippen molar-refractivity contribution >= 4 is 34.7 Å².